The molecule has 2 rings (SSSR count). The lowest BCUT2D eigenvalue weighted by atomic mass is 10.3. The minimum absolute atomic E-state index is 0.555. The van der Waals surface area contributed by atoms with E-state index in [1.807, 2.05) is 20.0 Å². The second-order valence-corrected chi connectivity index (χ2v) is 5.23. The van der Waals surface area contributed by atoms with Crippen LogP contribution in [0.2, 0.25) is 0 Å². The Kier molecular flexibility index (Phi) is 4.96. The minimum atomic E-state index is 0.555. The van der Waals surface area contributed by atoms with Crippen molar-refractivity contribution in [2.45, 2.75) is 39.7 Å². The summed E-state index contributed by atoms with van der Waals surface area (Å²) in [6.45, 7) is 10.6. The van der Waals surface area contributed by atoms with Crippen molar-refractivity contribution in [1.82, 2.24) is 14.9 Å². The lowest BCUT2D eigenvalue weighted by Crippen LogP contribution is -2.35. The Morgan fingerprint density at radius 1 is 1.32 bits per heavy atom. The molecule has 0 saturated carbocycles. The van der Waals surface area contributed by atoms with Crippen LogP contribution in [0, 0.1) is 6.92 Å². The van der Waals surface area contributed by atoms with Crippen molar-refractivity contribution < 1.29 is 0 Å². The molecule has 1 aromatic heterocycles. The van der Waals surface area contributed by atoms with Crippen LogP contribution < -0.4 is 10.6 Å². The van der Waals surface area contributed by atoms with Crippen molar-refractivity contribution in [3.8, 4) is 0 Å². The van der Waals surface area contributed by atoms with Gasteiger partial charge in [0.1, 0.15) is 5.82 Å². The van der Waals surface area contributed by atoms with Gasteiger partial charge in [0.25, 0.3) is 0 Å². The van der Waals surface area contributed by atoms with Gasteiger partial charge in [-0.1, -0.05) is 0 Å². The lowest BCUT2D eigenvalue weighted by Gasteiger charge is -2.24. The number of nitrogens with zero attached hydrogens (tertiary/aromatic N) is 3. The van der Waals surface area contributed by atoms with Crippen molar-refractivity contribution >= 4 is 11.8 Å². The van der Waals surface area contributed by atoms with Crippen molar-refractivity contribution in [3.05, 3.63) is 11.8 Å². The molecule has 0 bridgehead atoms. The summed E-state index contributed by atoms with van der Waals surface area (Å²) in [7, 11) is 0. The standard InChI is InChI=1S/C14H25N5/c1-4-15-14-17-9-11(2)13(18-14)16-10-12(3)19-7-5-6-8-19/h9,12H,4-8,10H2,1-3H3,(H2,15,16,17,18). The maximum Gasteiger partial charge on any atom is 0.224 e. The van der Waals surface area contributed by atoms with Gasteiger partial charge in [-0.3, -0.25) is 4.90 Å². The quantitative estimate of drug-likeness (QED) is 0.823. The number of aromatic nitrogens is 2. The van der Waals surface area contributed by atoms with E-state index in [0.717, 1.165) is 24.5 Å². The summed E-state index contributed by atoms with van der Waals surface area (Å²) < 4.78 is 0. The fourth-order valence-electron chi connectivity index (χ4n) is 2.42. The van der Waals surface area contributed by atoms with E-state index >= 15 is 0 Å². The van der Waals surface area contributed by atoms with Crippen molar-refractivity contribution in [3.63, 3.8) is 0 Å². The number of hydrogen-bond acceptors (Lipinski definition) is 5. The lowest BCUT2D eigenvalue weighted by molar-refractivity contribution is 0.269. The van der Waals surface area contributed by atoms with Crippen LogP contribution in [0.25, 0.3) is 0 Å². The van der Waals surface area contributed by atoms with Gasteiger partial charge in [-0.15, -0.1) is 0 Å². The summed E-state index contributed by atoms with van der Waals surface area (Å²) in [5, 5.41) is 6.60. The Labute approximate surface area is 115 Å². The van der Waals surface area contributed by atoms with Crippen LogP contribution in [0.1, 0.15) is 32.3 Å². The largest absolute Gasteiger partial charge is 0.368 e. The molecule has 1 saturated heterocycles. The molecule has 0 amide bonds. The van der Waals surface area contributed by atoms with Gasteiger partial charge in [-0.2, -0.15) is 4.98 Å². The molecular weight excluding hydrogens is 238 g/mol. The van der Waals surface area contributed by atoms with Crippen LogP contribution in [-0.2, 0) is 0 Å². The summed E-state index contributed by atoms with van der Waals surface area (Å²) in [6, 6.07) is 0.555. The molecule has 1 aromatic rings. The highest BCUT2D eigenvalue weighted by atomic mass is 15.2. The van der Waals surface area contributed by atoms with Crippen molar-refractivity contribution in [2.75, 3.05) is 36.8 Å². The minimum Gasteiger partial charge on any atom is -0.368 e. The van der Waals surface area contributed by atoms with Crippen LogP contribution in [0.15, 0.2) is 6.20 Å². The summed E-state index contributed by atoms with van der Waals surface area (Å²) >= 11 is 0. The Morgan fingerprint density at radius 3 is 2.74 bits per heavy atom. The highest BCUT2D eigenvalue weighted by molar-refractivity contribution is 5.46. The number of anilines is 2. The van der Waals surface area contributed by atoms with Crippen LogP contribution >= 0.6 is 0 Å². The van der Waals surface area contributed by atoms with Crippen LogP contribution in [0.3, 0.4) is 0 Å². The Hall–Kier alpha value is -1.36. The topological polar surface area (TPSA) is 53.1 Å². The Balaban J connectivity index is 1.92. The van der Waals surface area contributed by atoms with Crippen LogP contribution in [0.5, 0.6) is 0 Å². The average molecular weight is 263 g/mol. The van der Waals surface area contributed by atoms with Gasteiger partial charge in [0.15, 0.2) is 0 Å². The maximum atomic E-state index is 4.51. The molecule has 2 N–H and O–H groups in total. The Morgan fingerprint density at radius 2 is 2.05 bits per heavy atom. The van der Waals surface area contributed by atoms with E-state index in [-0.39, 0.29) is 0 Å². The number of rotatable bonds is 6. The third-order valence-electron chi connectivity index (χ3n) is 3.64. The fraction of sp³-hybridized carbons (Fsp3) is 0.714. The molecule has 0 aliphatic carbocycles. The second kappa shape index (κ2) is 6.70. The van der Waals surface area contributed by atoms with E-state index in [4.69, 9.17) is 0 Å². The van der Waals surface area contributed by atoms with E-state index in [1.165, 1.54) is 25.9 Å². The SMILES string of the molecule is CCNc1ncc(C)c(NCC(C)N2CCCC2)n1. The van der Waals surface area contributed by atoms with Crippen LogP contribution in [0.4, 0.5) is 11.8 Å². The second-order valence-electron chi connectivity index (χ2n) is 5.23. The van der Waals surface area contributed by atoms with Gasteiger partial charge < -0.3 is 10.6 Å². The summed E-state index contributed by atoms with van der Waals surface area (Å²) in [6.07, 6.45) is 4.54. The first-order chi connectivity index (χ1) is 9.20. The first-order valence-electron chi connectivity index (χ1n) is 7.26. The molecule has 1 unspecified atom stereocenters. The van der Waals surface area contributed by atoms with Gasteiger partial charge in [0.2, 0.25) is 5.95 Å². The first kappa shape index (κ1) is 14.1. The average Bonchev–Trinajstić information content (AvgIpc) is 2.93. The molecule has 1 aliphatic heterocycles. The highest BCUT2D eigenvalue weighted by Crippen LogP contribution is 2.15. The molecule has 1 fully saturated rings. The number of hydrogen-bond donors (Lipinski definition) is 2. The predicted molar refractivity (Wildman–Crippen MR) is 79.7 cm³/mol. The summed E-state index contributed by atoms with van der Waals surface area (Å²) in [5.41, 5.74) is 1.09. The molecular formula is C14H25N5. The normalized spacial score (nSPS) is 17.4. The van der Waals surface area contributed by atoms with Gasteiger partial charge in [-0.25, -0.2) is 4.98 Å². The molecule has 0 radical (unpaired) electrons. The zero-order valence-electron chi connectivity index (χ0n) is 12.2. The van der Waals surface area contributed by atoms with E-state index in [0.29, 0.717) is 12.0 Å². The fourth-order valence-corrected chi connectivity index (χ4v) is 2.42. The first-order valence-corrected chi connectivity index (χ1v) is 7.26. The van der Waals surface area contributed by atoms with Gasteiger partial charge in [-0.05, 0) is 46.7 Å². The third-order valence-corrected chi connectivity index (χ3v) is 3.64. The molecule has 0 spiro atoms. The molecule has 2 heterocycles. The zero-order valence-corrected chi connectivity index (χ0v) is 12.2. The van der Waals surface area contributed by atoms with E-state index < -0.39 is 0 Å². The van der Waals surface area contributed by atoms with Gasteiger partial charge >= 0.3 is 0 Å². The van der Waals surface area contributed by atoms with Crippen molar-refractivity contribution in [1.29, 1.82) is 0 Å². The Bertz CT molecular complexity index is 401. The molecule has 5 nitrogen and oxygen atoms in total. The van der Waals surface area contributed by atoms with E-state index in [2.05, 4.69) is 32.4 Å². The van der Waals surface area contributed by atoms with Crippen molar-refractivity contribution in [2.24, 2.45) is 0 Å². The molecule has 1 atom stereocenters. The predicted octanol–water partition coefficient (Wildman–Crippen LogP) is 2.11. The smallest absolute Gasteiger partial charge is 0.224 e. The van der Waals surface area contributed by atoms with Gasteiger partial charge in [0, 0.05) is 30.9 Å². The summed E-state index contributed by atoms with van der Waals surface area (Å²) in [5.74, 6) is 1.64. The number of nitrogens with one attached hydrogen (secondary N) is 2. The zero-order chi connectivity index (χ0) is 13.7. The number of aryl methyl sites for hydroxylation is 1. The van der Waals surface area contributed by atoms with Gasteiger partial charge in [0.05, 0.1) is 0 Å². The van der Waals surface area contributed by atoms with E-state index in [1.54, 1.807) is 0 Å². The highest BCUT2D eigenvalue weighted by Gasteiger charge is 2.17. The maximum absolute atomic E-state index is 4.51. The molecule has 0 aromatic carbocycles. The molecule has 106 valence electrons. The summed E-state index contributed by atoms with van der Waals surface area (Å²) in [4.78, 5) is 11.3. The monoisotopic (exact) mass is 263 g/mol. The molecule has 19 heavy (non-hydrogen) atoms. The third kappa shape index (κ3) is 3.80. The van der Waals surface area contributed by atoms with E-state index in [9.17, 15) is 0 Å². The van der Waals surface area contributed by atoms with Crippen LogP contribution in [-0.4, -0.2) is 47.1 Å². The molecule has 1 aliphatic rings. The molecule has 5 heteroatoms. The number of likely N-dealkylation sites (tertiary alicyclic amines) is 1.